The molecule has 0 aromatic heterocycles. The molecular weight excluding hydrogens is 282 g/mol. The normalized spacial score (nSPS) is 13.7. The minimum atomic E-state index is -1.12. The summed E-state index contributed by atoms with van der Waals surface area (Å²) in [6.07, 6.45) is 0. The number of ether oxygens (including phenoxy) is 1. The molecule has 0 saturated carbocycles. The molecule has 0 amide bonds. The third-order valence-corrected chi connectivity index (χ3v) is 4.86. The molecule has 2 N–H and O–H groups in total. The summed E-state index contributed by atoms with van der Waals surface area (Å²) in [5.41, 5.74) is 9.40. The van der Waals surface area contributed by atoms with E-state index in [-0.39, 0.29) is 6.04 Å². The molecule has 112 valence electrons. The molecule has 2 unspecified atom stereocenters. The van der Waals surface area contributed by atoms with Crippen molar-refractivity contribution in [3.63, 3.8) is 0 Å². The highest BCUT2D eigenvalue weighted by Crippen LogP contribution is 2.26. The Morgan fingerprint density at radius 3 is 2.33 bits per heavy atom. The standard InChI is InChI=1S/C17H21NO2S/c1-12-4-7-14(8-5-12)21(19)11-16(18)15-10-13(2)6-9-17(15)20-3/h4-10,16H,11,18H2,1-3H3. The molecular formula is C17H21NO2S. The van der Waals surface area contributed by atoms with Crippen LogP contribution in [0.2, 0.25) is 0 Å². The number of rotatable bonds is 5. The summed E-state index contributed by atoms with van der Waals surface area (Å²) in [5.74, 6) is 1.12. The minimum Gasteiger partial charge on any atom is -0.496 e. The van der Waals surface area contributed by atoms with E-state index in [2.05, 4.69) is 0 Å². The number of nitrogens with two attached hydrogens (primary N) is 1. The summed E-state index contributed by atoms with van der Waals surface area (Å²) in [5, 5.41) is 0. The predicted molar refractivity (Wildman–Crippen MR) is 87.1 cm³/mol. The van der Waals surface area contributed by atoms with Crippen LogP contribution in [0.1, 0.15) is 22.7 Å². The van der Waals surface area contributed by atoms with E-state index in [1.165, 1.54) is 0 Å². The van der Waals surface area contributed by atoms with Crippen LogP contribution >= 0.6 is 0 Å². The summed E-state index contributed by atoms with van der Waals surface area (Å²) < 4.78 is 17.8. The lowest BCUT2D eigenvalue weighted by Gasteiger charge is -2.16. The van der Waals surface area contributed by atoms with E-state index < -0.39 is 10.8 Å². The fourth-order valence-corrected chi connectivity index (χ4v) is 3.32. The van der Waals surface area contributed by atoms with Crippen molar-refractivity contribution >= 4 is 10.8 Å². The Morgan fingerprint density at radius 2 is 1.71 bits per heavy atom. The molecule has 4 heteroatoms. The van der Waals surface area contributed by atoms with Crippen LogP contribution in [0.5, 0.6) is 5.75 Å². The van der Waals surface area contributed by atoms with Crippen LogP contribution in [0.15, 0.2) is 47.4 Å². The lowest BCUT2D eigenvalue weighted by atomic mass is 10.1. The fraction of sp³-hybridized carbons (Fsp3) is 0.294. The van der Waals surface area contributed by atoms with E-state index in [0.717, 1.165) is 27.3 Å². The number of benzene rings is 2. The molecule has 0 aliphatic heterocycles. The van der Waals surface area contributed by atoms with Crippen LogP contribution < -0.4 is 10.5 Å². The van der Waals surface area contributed by atoms with Crippen molar-refractivity contribution in [3.8, 4) is 5.75 Å². The SMILES string of the molecule is COc1ccc(C)cc1C(N)CS(=O)c1ccc(C)cc1. The first-order valence-electron chi connectivity index (χ1n) is 6.86. The molecule has 2 aromatic carbocycles. The zero-order valence-corrected chi connectivity index (χ0v) is 13.4. The highest BCUT2D eigenvalue weighted by atomic mass is 32.2. The molecule has 0 saturated heterocycles. The zero-order valence-electron chi connectivity index (χ0n) is 12.6. The van der Waals surface area contributed by atoms with Crippen LogP contribution in [0, 0.1) is 13.8 Å². The molecule has 0 heterocycles. The Labute approximate surface area is 128 Å². The zero-order chi connectivity index (χ0) is 15.4. The maximum Gasteiger partial charge on any atom is 0.123 e. The van der Waals surface area contributed by atoms with Crippen molar-refractivity contribution in [3.05, 3.63) is 59.2 Å². The minimum absolute atomic E-state index is 0.318. The molecule has 2 rings (SSSR count). The predicted octanol–water partition coefficient (Wildman–Crippen LogP) is 3.12. The van der Waals surface area contributed by atoms with E-state index in [1.807, 2.05) is 56.3 Å². The quantitative estimate of drug-likeness (QED) is 0.923. The van der Waals surface area contributed by atoms with E-state index in [0.29, 0.717) is 5.75 Å². The molecule has 2 aromatic rings. The van der Waals surface area contributed by atoms with Gasteiger partial charge in [0.2, 0.25) is 0 Å². The lowest BCUT2D eigenvalue weighted by Crippen LogP contribution is -2.19. The Balaban J connectivity index is 2.17. The molecule has 0 bridgehead atoms. The smallest absolute Gasteiger partial charge is 0.123 e. The Kier molecular flexibility index (Phi) is 5.15. The second kappa shape index (κ2) is 6.87. The Hall–Kier alpha value is -1.65. The number of aryl methyl sites for hydroxylation is 2. The second-order valence-electron chi connectivity index (χ2n) is 5.18. The van der Waals surface area contributed by atoms with Gasteiger partial charge in [-0.25, -0.2) is 0 Å². The van der Waals surface area contributed by atoms with Gasteiger partial charge in [0.15, 0.2) is 0 Å². The van der Waals surface area contributed by atoms with Gasteiger partial charge in [-0.1, -0.05) is 35.4 Å². The van der Waals surface area contributed by atoms with Gasteiger partial charge < -0.3 is 10.5 Å². The molecule has 0 aliphatic rings. The fourth-order valence-electron chi connectivity index (χ4n) is 2.18. The Bertz CT molecular complexity index is 638. The molecule has 0 radical (unpaired) electrons. The molecule has 2 atom stereocenters. The molecule has 0 spiro atoms. The van der Waals surface area contributed by atoms with Gasteiger partial charge in [-0.2, -0.15) is 0 Å². The topological polar surface area (TPSA) is 52.3 Å². The maximum absolute atomic E-state index is 12.4. The molecule has 0 aliphatic carbocycles. The van der Waals surface area contributed by atoms with Crippen molar-refractivity contribution in [2.75, 3.05) is 12.9 Å². The van der Waals surface area contributed by atoms with Gasteiger partial charge in [-0.3, -0.25) is 4.21 Å². The van der Waals surface area contributed by atoms with Crippen molar-refractivity contribution in [2.45, 2.75) is 24.8 Å². The van der Waals surface area contributed by atoms with Crippen LogP contribution in [-0.4, -0.2) is 17.1 Å². The summed E-state index contributed by atoms with van der Waals surface area (Å²) in [4.78, 5) is 0.808. The first-order valence-corrected chi connectivity index (χ1v) is 8.18. The summed E-state index contributed by atoms with van der Waals surface area (Å²) in [6, 6.07) is 13.3. The molecule has 0 fully saturated rings. The van der Waals surface area contributed by atoms with Crippen LogP contribution in [0.4, 0.5) is 0 Å². The van der Waals surface area contributed by atoms with Crippen LogP contribution in [-0.2, 0) is 10.8 Å². The van der Waals surface area contributed by atoms with Crippen LogP contribution in [0.25, 0.3) is 0 Å². The monoisotopic (exact) mass is 303 g/mol. The van der Waals surface area contributed by atoms with Gasteiger partial charge >= 0.3 is 0 Å². The summed E-state index contributed by atoms with van der Waals surface area (Å²) in [7, 11) is 0.503. The van der Waals surface area contributed by atoms with Gasteiger partial charge in [-0.15, -0.1) is 0 Å². The van der Waals surface area contributed by atoms with E-state index >= 15 is 0 Å². The number of methoxy groups -OCH3 is 1. The van der Waals surface area contributed by atoms with Crippen molar-refractivity contribution < 1.29 is 8.95 Å². The second-order valence-corrected chi connectivity index (χ2v) is 6.67. The average Bonchev–Trinajstić information content (AvgIpc) is 2.47. The third-order valence-electron chi connectivity index (χ3n) is 3.40. The third kappa shape index (κ3) is 3.93. The number of hydrogen-bond donors (Lipinski definition) is 1. The van der Waals surface area contributed by atoms with Gasteiger partial charge in [0.1, 0.15) is 5.75 Å². The first kappa shape index (κ1) is 15.7. The average molecular weight is 303 g/mol. The number of hydrogen-bond acceptors (Lipinski definition) is 3. The van der Waals surface area contributed by atoms with Crippen LogP contribution in [0.3, 0.4) is 0 Å². The van der Waals surface area contributed by atoms with Crippen molar-refractivity contribution in [2.24, 2.45) is 5.73 Å². The van der Waals surface area contributed by atoms with Crippen molar-refractivity contribution in [1.82, 2.24) is 0 Å². The van der Waals surface area contributed by atoms with E-state index in [9.17, 15) is 4.21 Å². The first-order chi connectivity index (χ1) is 10.0. The van der Waals surface area contributed by atoms with Gasteiger partial charge in [0, 0.05) is 22.3 Å². The van der Waals surface area contributed by atoms with Gasteiger partial charge in [-0.05, 0) is 32.0 Å². The largest absolute Gasteiger partial charge is 0.496 e. The van der Waals surface area contributed by atoms with Gasteiger partial charge in [0.25, 0.3) is 0 Å². The van der Waals surface area contributed by atoms with E-state index in [1.54, 1.807) is 7.11 Å². The van der Waals surface area contributed by atoms with Gasteiger partial charge in [0.05, 0.1) is 17.9 Å². The lowest BCUT2D eigenvalue weighted by molar-refractivity contribution is 0.407. The van der Waals surface area contributed by atoms with Crippen molar-refractivity contribution in [1.29, 1.82) is 0 Å². The summed E-state index contributed by atoms with van der Waals surface area (Å²) in [6.45, 7) is 4.02. The molecule has 3 nitrogen and oxygen atoms in total. The highest BCUT2D eigenvalue weighted by molar-refractivity contribution is 7.85. The maximum atomic E-state index is 12.4. The Morgan fingerprint density at radius 1 is 1.10 bits per heavy atom. The summed E-state index contributed by atoms with van der Waals surface area (Å²) >= 11 is 0. The molecule has 21 heavy (non-hydrogen) atoms. The van der Waals surface area contributed by atoms with E-state index in [4.69, 9.17) is 10.5 Å². The highest BCUT2D eigenvalue weighted by Gasteiger charge is 2.16.